The minimum Gasteiger partial charge on any atom is -0.368 e. The predicted molar refractivity (Wildman–Crippen MR) is 370 cm³/mol. The molecular formula is C76H76O18P4. The first kappa shape index (κ1) is 71.8. The Kier molecular flexibility index (Phi) is 26.8. The maximum Gasteiger partial charge on any atom is 0.475 e. The maximum absolute atomic E-state index is 16.6. The molecule has 0 saturated heterocycles. The summed E-state index contributed by atoms with van der Waals surface area (Å²) in [4.78, 5) is 0. The number of phosphoric acid groups is 4. The summed E-state index contributed by atoms with van der Waals surface area (Å²) in [5.41, 5.74) is 5.78. The van der Waals surface area contributed by atoms with Crippen LogP contribution in [0.4, 0.5) is 0 Å². The van der Waals surface area contributed by atoms with Crippen LogP contribution in [0.25, 0.3) is 0 Å². The van der Waals surface area contributed by atoms with Crippen LogP contribution in [0.1, 0.15) is 55.6 Å². The van der Waals surface area contributed by atoms with Crippen molar-refractivity contribution in [1.82, 2.24) is 0 Å². The summed E-state index contributed by atoms with van der Waals surface area (Å²) in [6.07, 6.45) is -11.8. The SMILES string of the molecule is O=P(OCc1ccccc1)(OCc1ccccc1)O[C@@H]1[C@@H](OP(=O)(OCc2ccccc2)OCc2ccccc2)[C@H](OP(=O)(OCc2ccccc2)OCc2ccccc2)[C@H](OCc2ccccc2)[C@@H](OCc2ccccc2)[C@H]1OP(=O)(OCc1ccccc1)OCc1ccccc1. The van der Waals surface area contributed by atoms with Crippen LogP contribution < -0.4 is 0 Å². The molecule has 10 aromatic carbocycles. The van der Waals surface area contributed by atoms with E-state index in [-0.39, 0.29) is 66.1 Å². The lowest BCUT2D eigenvalue weighted by molar-refractivity contribution is -0.242. The molecule has 0 aliphatic heterocycles. The van der Waals surface area contributed by atoms with Crippen LogP contribution >= 0.6 is 31.3 Å². The first-order chi connectivity index (χ1) is 47.9. The van der Waals surface area contributed by atoms with Gasteiger partial charge in [-0.2, -0.15) is 0 Å². The van der Waals surface area contributed by atoms with E-state index in [1.807, 2.05) is 109 Å². The Morgan fingerprint density at radius 1 is 0.173 bits per heavy atom. The molecule has 10 aromatic rings. The molecule has 0 aromatic heterocycles. The number of ether oxygens (including phenoxy) is 2. The van der Waals surface area contributed by atoms with Crippen molar-refractivity contribution in [3.8, 4) is 0 Å². The quantitative estimate of drug-likeness (QED) is 0.0331. The summed E-state index contributed by atoms with van der Waals surface area (Å²) in [6, 6.07) is 89.4. The van der Waals surface area contributed by atoms with Crippen molar-refractivity contribution in [2.24, 2.45) is 0 Å². The van der Waals surface area contributed by atoms with E-state index in [2.05, 4.69) is 0 Å². The van der Waals surface area contributed by atoms with Gasteiger partial charge < -0.3 is 9.47 Å². The molecule has 0 N–H and O–H groups in total. The van der Waals surface area contributed by atoms with Gasteiger partial charge in [0.25, 0.3) is 0 Å². The van der Waals surface area contributed by atoms with E-state index >= 15 is 18.3 Å². The number of benzene rings is 10. The van der Waals surface area contributed by atoms with Crippen LogP contribution in [0.15, 0.2) is 303 Å². The zero-order chi connectivity index (χ0) is 67.6. The molecule has 0 heterocycles. The van der Waals surface area contributed by atoms with Crippen LogP contribution in [-0.4, -0.2) is 36.6 Å². The monoisotopic (exact) mass is 1400 g/mol. The standard InChI is InChI=1S/C76H76O18P4/c77-95(83-53-63-35-15-3-16-36-63,84-54-64-37-17-4-18-38-64)91-73-71(81-51-61-31-11-1-12-32-61)72(82-52-62-33-13-2-14-34-62)74(92-96(78,85-55-65-39-19-5-20-40-65)86-56-66-41-21-6-22-42-66)76(94-98(80,89-59-69-47-27-9-28-48-69)90-60-70-49-29-10-30-50-70)75(73)93-97(79,87-57-67-43-23-7-24-44-67)88-58-68-45-25-8-26-46-68/h1-50,71-76H,51-60H2/t71-,72-,73-,74-,75+,76+/m1/s1. The second kappa shape index (κ2) is 36.6. The molecule has 0 amide bonds. The molecule has 1 aliphatic rings. The zero-order valence-electron chi connectivity index (χ0n) is 53.5. The lowest BCUT2D eigenvalue weighted by Gasteiger charge is -2.50. The van der Waals surface area contributed by atoms with Crippen molar-refractivity contribution in [2.45, 2.75) is 103 Å². The maximum atomic E-state index is 16.6. The average Bonchev–Trinajstić information content (AvgIpc) is 0.742. The molecule has 0 spiro atoms. The van der Waals surface area contributed by atoms with Gasteiger partial charge in [-0.3, -0.25) is 54.3 Å². The van der Waals surface area contributed by atoms with Crippen molar-refractivity contribution >= 4 is 31.3 Å². The lowest BCUT2D eigenvalue weighted by atomic mass is 9.84. The summed E-state index contributed by atoms with van der Waals surface area (Å²) in [5, 5.41) is 0. The third-order valence-electron chi connectivity index (χ3n) is 15.4. The molecule has 1 saturated carbocycles. The summed E-state index contributed by atoms with van der Waals surface area (Å²) >= 11 is 0. The average molecular weight is 1400 g/mol. The molecule has 0 bridgehead atoms. The number of hydrogen-bond donors (Lipinski definition) is 0. The van der Waals surface area contributed by atoms with Crippen LogP contribution in [-0.2, 0) is 148 Å². The van der Waals surface area contributed by atoms with Gasteiger partial charge in [0.1, 0.15) is 36.6 Å². The second-order valence-corrected chi connectivity index (χ2v) is 29.2. The van der Waals surface area contributed by atoms with E-state index < -0.39 is 67.9 Å². The van der Waals surface area contributed by atoms with Gasteiger partial charge in [0.2, 0.25) is 0 Å². The van der Waals surface area contributed by atoms with Gasteiger partial charge in [0.15, 0.2) is 0 Å². The van der Waals surface area contributed by atoms with E-state index in [1.165, 1.54) is 0 Å². The largest absolute Gasteiger partial charge is 0.475 e. The van der Waals surface area contributed by atoms with Gasteiger partial charge in [-0.05, 0) is 55.6 Å². The fraction of sp³-hybridized carbons (Fsp3) is 0.211. The first-order valence-electron chi connectivity index (χ1n) is 31.9. The molecule has 98 heavy (non-hydrogen) atoms. The molecule has 18 nitrogen and oxygen atoms in total. The van der Waals surface area contributed by atoms with Gasteiger partial charge in [-0.15, -0.1) is 0 Å². The minimum atomic E-state index is -5.23. The molecule has 11 rings (SSSR count). The predicted octanol–water partition coefficient (Wildman–Crippen LogP) is 18.9. The smallest absolute Gasteiger partial charge is 0.368 e. The fourth-order valence-electron chi connectivity index (χ4n) is 10.3. The topological polar surface area (TPSA) is 197 Å². The van der Waals surface area contributed by atoms with Crippen molar-refractivity contribution in [2.75, 3.05) is 0 Å². The summed E-state index contributed by atoms with van der Waals surface area (Å²) in [7, 11) is -20.7. The molecule has 1 aliphatic carbocycles. The van der Waals surface area contributed by atoms with E-state index in [1.54, 1.807) is 194 Å². The highest BCUT2D eigenvalue weighted by atomic mass is 31.2. The Morgan fingerprint density at radius 2 is 0.296 bits per heavy atom. The Hall–Kier alpha value is -7.44. The van der Waals surface area contributed by atoms with Gasteiger partial charge >= 0.3 is 31.3 Å². The molecule has 508 valence electrons. The highest BCUT2D eigenvalue weighted by Crippen LogP contribution is 2.63. The minimum absolute atomic E-state index is 0.236. The Balaban J connectivity index is 1.15. The summed E-state index contributed by atoms with van der Waals surface area (Å²) < 4.78 is 161. The van der Waals surface area contributed by atoms with Crippen molar-refractivity contribution < 1.29 is 82.0 Å². The number of phosphoric ester groups is 4. The van der Waals surface area contributed by atoms with Crippen LogP contribution in [0.5, 0.6) is 0 Å². The van der Waals surface area contributed by atoms with Crippen LogP contribution in [0, 0.1) is 0 Å². The van der Waals surface area contributed by atoms with Crippen LogP contribution in [0.3, 0.4) is 0 Å². The summed E-state index contributed by atoms with van der Waals surface area (Å²) in [6.45, 7) is -3.32. The van der Waals surface area contributed by atoms with E-state index in [4.69, 9.17) is 63.8 Å². The first-order valence-corrected chi connectivity index (χ1v) is 37.7. The van der Waals surface area contributed by atoms with Gasteiger partial charge in [-0.1, -0.05) is 303 Å². The second-order valence-electron chi connectivity index (χ2n) is 22.7. The van der Waals surface area contributed by atoms with Crippen LogP contribution in [0.2, 0.25) is 0 Å². The molecule has 1 fully saturated rings. The van der Waals surface area contributed by atoms with Gasteiger partial charge in [-0.25, -0.2) is 18.3 Å². The highest BCUT2D eigenvalue weighted by Gasteiger charge is 2.62. The van der Waals surface area contributed by atoms with E-state index in [9.17, 15) is 0 Å². The molecular weight excluding hydrogens is 1320 g/mol. The normalized spacial score (nSPS) is 17.5. The van der Waals surface area contributed by atoms with E-state index in [0.717, 1.165) is 0 Å². The van der Waals surface area contributed by atoms with Gasteiger partial charge in [0.05, 0.1) is 66.1 Å². The van der Waals surface area contributed by atoms with E-state index in [0.29, 0.717) is 55.6 Å². The van der Waals surface area contributed by atoms with Crippen molar-refractivity contribution in [1.29, 1.82) is 0 Å². The highest BCUT2D eigenvalue weighted by molar-refractivity contribution is 7.49. The zero-order valence-corrected chi connectivity index (χ0v) is 57.1. The Bertz CT molecular complexity index is 3670. The van der Waals surface area contributed by atoms with Crippen molar-refractivity contribution in [3.05, 3.63) is 359 Å². The third-order valence-corrected chi connectivity index (χ3v) is 20.9. The number of hydrogen-bond acceptors (Lipinski definition) is 18. The van der Waals surface area contributed by atoms with Crippen molar-refractivity contribution in [3.63, 3.8) is 0 Å². The molecule has 0 radical (unpaired) electrons. The number of rotatable bonds is 38. The molecule has 22 heteroatoms. The molecule has 0 unspecified atom stereocenters. The lowest BCUT2D eigenvalue weighted by Crippen LogP contribution is -2.67. The fourth-order valence-corrected chi connectivity index (χ4v) is 15.7. The summed E-state index contributed by atoms with van der Waals surface area (Å²) in [5.74, 6) is 0. The molecule has 6 atom stereocenters. The Morgan fingerprint density at radius 3 is 0.439 bits per heavy atom. The Labute approximate surface area is 572 Å². The third kappa shape index (κ3) is 22.3. The van der Waals surface area contributed by atoms with Gasteiger partial charge in [0, 0.05) is 0 Å².